The Bertz CT molecular complexity index is 1140. The van der Waals surface area contributed by atoms with Crippen LogP contribution in [0.15, 0.2) is 52.3 Å². The molecule has 10 heteroatoms. The molecule has 2 fully saturated rings. The molecule has 8 nitrogen and oxygen atoms in total. The van der Waals surface area contributed by atoms with E-state index < -0.39 is 10.0 Å². The van der Waals surface area contributed by atoms with Gasteiger partial charge in [0.2, 0.25) is 0 Å². The van der Waals surface area contributed by atoms with Crippen LogP contribution in [0.4, 0.5) is 5.69 Å². The molecule has 176 valence electrons. The highest BCUT2D eigenvalue weighted by molar-refractivity contribution is 7.98. The minimum Gasteiger partial charge on any atom is -0.378 e. The third-order valence-corrected chi connectivity index (χ3v) is 7.96. The van der Waals surface area contributed by atoms with Gasteiger partial charge in [-0.05, 0) is 49.4 Å². The van der Waals surface area contributed by atoms with Gasteiger partial charge >= 0.3 is 0 Å². The normalized spacial score (nSPS) is 16.6. The van der Waals surface area contributed by atoms with Gasteiger partial charge in [0.1, 0.15) is 0 Å². The molecule has 2 aliphatic heterocycles. The van der Waals surface area contributed by atoms with Crippen molar-refractivity contribution >= 4 is 39.3 Å². The smallest absolute Gasteiger partial charge is 0.261 e. The number of sulfonamides is 1. The van der Waals surface area contributed by atoms with Gasteiger partial charge in [0.25, 0.3) is 21.8 Å². The summed E-state index contributed by atoms with van der Waals surface area (Å²) in [6, 6.07) is 11.1. The van der Waals surface area contributed by atoms with Gasteiger partial charge in [-0.15, -0.1) is 11.8 Å². The number of benzene rings is 2. The molecule has 2 aromatic rings. The number of carbonyl (C=O) groups excluding carboxylic acids is 2. The van der Waals surface area contributed by atoms with Crippen LogP contribution in [0, 0.1) is 0 Å². The Morgan fingerprint density at radius 1 is 0.909 bits per heavy atom. The van der Waals surface area contributed by atoms with Gasteiger partial charge < -0.3 is 14.5 Å². The number of rotatable bonds is 6. The van der Waals surface area contributed by atoms with Gasteiger partial charge in [0, 0.05) is 31.1 Å². The van der Waals surface area contributed by atoms with Crippen molar-refractivity contribution in [2.75, 3.05) is 50.4 Å². The average molecular weight is 490 g/mol. The topological polar surface area (TPSA) is 96.0 Å². The number of likely N-dealkylation sites (tertiary alicyclic amines) is 1. The molecule has 0 radical (unpaired) electrons. The highest BCUT2D eigenvalue weighted by Gasteiger charge is 2.26. The lowest BCUT2D eigenvalue weighted by Crippen LogP contribution is -2.41. The fourth-order valence-electron chi connectivity index (χ4n) is 4.01. The quantitative estimate of drug-likeness (QED) is 0.627. The fourth-order valence-corrected chi connectivity index (χ4v) is 5.69. The van der Waals surface area contributed by atoms with Gasteiger partial charge in [0.05, 0.1) is 34.9 Å². The van der Waals surface area contributed by atoms with Crippen LogP contribution in [0.2, 0.25) is 0 Å². The van der Waals surface area contributed by atoms with Crippen molar-refractivity contribution in [1.82, 2.24) is 9.80 Å². The van der Waals surface area contributed by atoms with E-state index in [4.69, 9.17) is 4.74 Å². The lowest BCUT2D eigenvalue weighted by Gasteiger charge is -2.27. The Balaban J connectivity index is 1.63. The van der Waals surface area contributed by atoms with Crippen molar-refractivity contribution in [3.8, 4) is 0 Å². The summed E-state index contributed by atoms with van der Waals surface area (Å²) in [7, 11) is -4.03. The molecule has 0 aliphatic carbocycles. The molecule has 0 bridgehead atoms. The minimum absolute atomic E-state index is 0.0275. The summed E-state index contributed by atoms with van der Waals surface area (Å²) in [5.41, 5.74) is 0.881. The average Bonchev–Trinajstić information content (AvgIpc) is 3.38. The number of carbonyl (C=O) groups is 2. The molecule has 2 aromatic carbocycles. The molecule has 0 saturated carbocycles. The van der Waals surface area contributed by atoms with Crippen LogP contribution in [0.5, 0.6) is 0 Å². The largest absolute Gasteiger partial charge is 0.378 e. The number of hydrogen-bond acceptors (Lipinski definition) is 6. The SMILES string of the molecule is CSc1ccc(S(=O)(=O)Nc2ccccc2C(=O)N2CCCC2)cc1C(=O)N1CCOCC1. The van der Waals surface area contributed by atoms with Crippen molar-refractivity contribution in [3.63, 3.8) is 0 Å². The van der Waals surface area contributed by atoms with Gasteiger partial charge in [-0.1, -0.05) is 12.1 Å². The fraction of sp³-hybridized carbons (Fsp3) is 0.391. The maximum absolute atomic E-state index is 13.3. The Hall–Kier alpha value is -2.56. The second-order valence-corrected chi connectivity index (χ2v) is 10.4. The van der Waals surface area contributed by atoms with E-state index in [0.717, 1.165) is 12.8 Å². The van der Waals surface area contributed by atoms with E-state index in [1.807, 2.05) is 6.26 Å². The van der Waals surface area contributed by atoms with E-state index in [1.165, 1.54) is 23.9 Å². The molecule has 0 atom stereocenters. The molecular formula is C23H27N3O5S2. The molecule has 0 spiro atoms. The number of hydrogen-bond donors (Lipinski definition) is 1. The van der Waals surface area contributed by atoms with Crippen molar-refractivity contribution in [3.05, 3.63) is 53.6 Å². The van der Waals surface area contributed by atoms with Crippen molar-refractivity contribution in [2.45, 2.75) is 22.6 Å². The number of para-hydroxylation sites is 1. The van der Waals surface area contributed by atoms with Crippen molar-refractivity contribution in [2.24, 2.45) is 0 Å². The van der Waals surface area contributed by atoms with Gasteiger partial charge in [-0.3, -0.25) is 14.3 Å². The van der Waals surface area contributed by atoms with Gasteiger partial charge in [-0.2, -0.15) is 0 Å². The predicted octanol–water partition coefficient (Wildman–Crippen LogP) is 2.92. The third kappa shape index (κ3) is 5.18. The molecule has 0 unspecified atom stereocenters. The van der Waals surface area contributed by atoms with E-state index in [2.05, 4.69) is 4.72 Å². The number of nitrogens with one attached hydrogen (secondary N) is 1. The van der Waals surface area contributed by atoms with Crippen LogP contribution in [-0.4, -0.2) is 75.7 Å². The van der Waals surface area contributed by atoms with Gasteiger partial charge in [0.15, 0.2) is 0 Å². The summed E-state index contributed by atoms with van der Waals surface area (Å²) >= 11 is 1.39. The Morgan fingerprint density at radius 2 is 1.55 bits per heavy atom. The first-order valence-corrected chi connectivity index (χ1v) is 13.6. The van der Waals surface area contributed by atoms with Crippen molar-refractivity contribution < 1.29 is 22.7 Å². The zero-order chi connectivity index (χ0) is 23.4. The van der Waals surface area contributed by atoms with E-state index in [0.29, 0.717) is 55.4 Å². The summed E-state index contributed by atoms with van der Waals surface area (Å²) in [6.07, 6.45) is 3.74. The Kier molecular flexibility index (Phi) is 7.26. The standard InChI is InChI=1S/C23H27N3O5S2/c1-32-21-9-8-17(16-19(21)23(28)26-12-14-31-15-13-26)33(29,30)24-20-7-3-2-6-18(20)22(27)25-10-4-5-11-25/h2-3,6-9,16,24H,4-5,10-15H2,1H3. The molecule has 2 heterocycles. The zero-order valence-corrected chi connectivity index (χ0v) is 20.1. The van der Waals surface area contributed by atoms with Crippen LogP contribution in [0.3, 0.4) is 0 Å². The van der Waals surface area contributed by atoms with Crippen LogP contribution >= 0.6 is 11.8 Å². The highest BCUT2D eigenvalue weighted by atomic mass is 32.2. The predicted molar refractivity (Wildman–Crippen MR) is 127 cm³/mol. The van der Waals surface area contributed by atoms with Crippen LogP contribution in [0.1, 0.15) is 33.6 Å². The van der Waals surface area contributed by atoms with Gasteiger partial charge in [-0.25, -0.2) is 8.42 Å². The lowest BCUT2D eigenvalue weighted by molar-refractivity contribution is 0.0300. The molecule has 0 aromatic heterocycles. The second-order valence-electron chi connectivity index (χ2n) is 7.92. The Labute approximate surface area is 198 Å². The number of thioether (sulfide) groups is 1. The van der Waals surface area contributed by atoms with E-state index in [9.17, 15) is 18.0 Å². The first-order valence-electron chi connectivity index (χ1n) is 10.9. The monoisotopic (exact) mass is 489 g/mol. The molecular weight excluding hydrogens is 462 g/mol. The van der Waals surface area contributed by atoms with E-state index in [-0.39, 0.29) is 22.4 Å². The molecule has 4 rings (SSSR count). The number of morpholine rings is 1. The summed E-state index contributed by atoms with van der Waals surface area (Å²) < 4.78 is 34.4. The first-order chi connectivity index (χ1) is 15.9. The number of nitrogens with zero attached hydrogens (tertiary/aromatic N) is 2. The molecule has 2 saturated heterocycles. The summed E-state index contributed by atoms with van der Waals surface area (Å²) in [5, 5.41) is 0. The number of ether oxygens (including phenoxy) is 1. The third-order valence-electron chi connectivity index (χ3n) is 5.81. The van der Waals surface area contributed by atoms with E-state index in [1.54, 1.807) is 40.1 Å². The van der Waals surface area contributed by atoms with E-state index >= 15 is 0 Å². The Morgan fingerprint density at radius 3 is 2.24 bits per heavy atom. The molecule has 2 amide bonds. The highest BCUT2D eigenvalue weighted by Crippen LogP contribution is 2.28. The van der Waals surface area contributed by atoms with Crippen LogP contribution in [-0.2, 0) is 14.8 Å². The first kappa shape index (κ1) is 23.6. The summed E-state index contributed by atoms with van der Waals surface area (Å²) in [6.45, 7) is 3.19. The zero-order valence-electron chi connectivity index (χ0n) is 18.5. The maximum atomic E-state index is 13.3. The number of anilines is 1. The van der Waals surface area contributed by atoms with Crippen LogP contribution in [0.25, 0.3) is 0 Å². The lowest BCUT2D eigenvalue weighted by atomic mass is 10.1. The number of amides is 2. The second kappa shape index (κ2) is 10.1. The van der Waals surface area contributed by atoms with Crippen LogP contribution < -0.4 is 4.72 Å². The minimum atomic E-state index is -4.03. The summed E-state index contributed by atoms with van der Waals surface area (Å²) in [5.74, 6) is -0.406. The molecule has 1 N–H and O–H groups in total. The maximum Gasteiger partial charge on any atom is 0.261 e. The van der Waals surface area contributed by atoms with Crippen molar-refractivity contribution in [1.29, 1.82) is 0 Å². The molecule has 2 aliphatic rings. The summed E-state index contributed by atoms with van der Waals surface area (Å²) in [4.78, 5) is 30.1. The molecule has 33 heavy (non-hydrogen) atoms.